The van der Waals surface area contributed by atoms with Crippen molar-refractivity contribution in [1.29, 1.82) is 0 Å². The number of benzene rings is 2. The van der Waals surface area contributed by atoms with Gasteiger partial charge in [-0.3, -0.25) is 4.79 Å². The van der Waals surface area contributed by atoms with E-state index in [4.69, 9.17) is 0 Å². The Bertz CT molecular complexity index is 1090. The number of fused-ring (bicyclic) bond motifs is 1. The summed E-state index contributed by atoms with van der Waals surface area (Å²) in [6.07, 6.45) is 3.16. The Kier molecular flexibility index (Phi) is 5.21. The molecule has 2 aromatic carbocycles. The lowest BCUT2D eigenvalue weighted by atomic mass is 9.97. The largest absolute Gasteiger partial charge is 0.387 e. The molecule has 3 aromatic rings. The zero-order valence-electron chi connectivity index (χ0n) is 16.5. The van der Waals surface area contributed by atoms with E-state index in [0.717, 1.165) is 10.8 Å². The van der Waals surface area contributed by atoms with Crippen molar-refractivity contribution in [3.8, 4) is 0 Å². The Hall–Kier alpha value is -2.80. The van der Waals surface area contributed by atoms with Crippen molar-refractivity contribution in [3.63, 3.8) is 0 Å². The molecular formula is C21H25N3O3S. The molecule has 0 saturated heterocycles. The number of nitrogens with zero attached hydrogens (tertiary/aromatic N) is 1. The minimum Gasteiger partial charge on any atom is -0.387 e. The molecule has 6 nitrogen and oxygen atoms in total. The van der Waals surface area contributed by atoms with Crippen LogP contribution in [0.1, 0.15) is 31.1 Å². The molecule has 0 fully saturated rings. The van der Waals surface area contributed by atoms with Gasteiger partial charge in [-0.15, -0.1) is 0 Å². The van der Waals surface area contributed by atoms with Crippen LogP contribution >= 0.6 is 0 Å². The smallest absolute Gasteiger partial charge is 0.269 e. The first-order chi connectivity index (χ1) is 13.1. The van der Waals surface area contributed by atoms with E-state index in [2.05, 4.69) is 10.6 Å². The first kappa shape index (κ1) is 19.9. The normalized spacial score (nSPS) is 12.1. The van der Waals surface area contributed by atoms with Crippen LogP contribution in [0.5, 0.6) is 0 Å². The standard InChI is InChI=1S/C21H25N3O3S/c1-21(2,3)14-23-20(25)15-9-10-18(22-4)19(11-15)28(26,27)24-12-16-7-5-6-8-17(16)13-24/h5-13,22H,14H2,1-4H3,(H,23,25). The summed E-state index contributed by atoms with van der Waals surface area (Å²) in [6.45, 7) is 6.54. The lowest BCUT2D eigenvalue weighted by Gasteiger charge is -2.19. The van der Waals surface area contributed by atoms with Gasteiger partial charge in [0, 0.05) is 42.3 Å². The van der Waals surface area contributed by atoms with E-state index in [-0.39, 0.29) is 16.2 Å². The molecule has 0 aliphatic carbocycles. The van der Waals surface area contributed by atoms with E-state index < -0.39 is 10.0 Å². The van der Waals surface area contributed by atoms with Crippen LogP contribution in [0.3, 0.4) is 0 Å². The minimum atomic E-state index is -3.87. The van der Waals surface area contributed by atoms with Gasteiger partial charge in [0.15, 0.2) is 0 Å². The van der Waals surface area contributed by atoms with E-state index >= 15 is 0 Å². The molecule has 0 aliphatic heterocycles. The van der Waals surface area contributed by atoms with Crippen molar-refractivity contribution in [2.45, 2.75) is 25.7 Å². The average molecular weight is 400 g/mol. The summed E-state index contributed by atoms with van der Waals surface area (Å²) in [5.74, 6) is -0.299. The maximum atomic E-state index is 13.3. The second-order valence-electron chi connectivity index (χ2n) is 7.93. The van der Waals surface area contributed by atoms with Crippen LogP contribution in [0, 0.1) is 5.41 Å². The van der Waals surface area contributed by atoms with Gasteiger partial charge in [0.05, 0.1) is 5.69 Å². The minimum absolute atomic E-state index is 0.0544. The van der Waals surface area contributed by atoms with Crippen LogP contribution in [0.25, 0.3) is 10.8 Å². The molecule has 1 amide bonds. The van der Waals surface area contributed by atoms with Crippen molar-refractivity contribution in [3.05, 3.63) is 60.4 Å². The molecule has 7 heteroatoms. The second kappa shape index (κ2) is 7.31. The molecule has 2 N–H and O–H groups in total. The van der Waals surface area contributed by atoms with Crippen molar-refractivity contribution in [2.24, 2.45) is 5.41 Å². The Labute approximate surface area is 165 Å². The summed E-state index contributed by atoms with van der Waals surface area (Å²) < 4.78 is 27.7. The quantitative estimate of drug-likeness (QED) is 0.686. The highest BCUT2D eigenvalue weighted by atomic mass is 32.2. The van der Waals surface area contributed by atoms with E-state index in [1.54, 1.807) is 31.6 Å². The second-order valence-corrected chi connectivity index (χ2v) is 9.74. The molecule has 0 radical (unpaired) electrons. The number of nitrogens with one attached hydrogen (secondary N) is 2. The van der Waals surface area contributed by atoms with Crippen molar-refractivity contribution >= 4 is 32.4 Å². The fraction of sp³-hybridized carbons (Fsp3) is 0.286. The van der Waals surface area contributed by atoms with Crippen molar-refractivity contribution in [2.75, 3.05) is 18.9 Å². The lowest BCUT2D eigenvalue weighted by Crippen LogP contribution is -2.32. The molecule has 0 spiro atoms. The Morgan fingerprint density at radius 1 is 1.04 bits per heavy atom. The first-order valence-electron chi connectivity index (χ1n) is 9.04. The highest BCUT2D eigenvalue weighted by Crippen LogP contribution is 2.27. The van der Waals surface area contributed by atoms with Crippen LogP contribution in [0.2, 0.25) is 0 Å². The topological polar surface area (TPSA) is 80.2 Å². The molecule has 3 rings (SSSR count). The molecular weight excluding hydrogens is 374 g/mol. The number of carbonyl (C=O) groups excluding carboxylic acids is 1. The fourth-order valence-electron chi connectivity index (χ4n) is 2.84. The molecule has 0 aliphatic rings. The predicted molar refractivity (Wildman–Crippen MR) is 112 cm³/mol. The summed E-state index contributed by atoms with van der Waals surface area (Å²) >= 11 is 0. The molecule has 1 heterocycles. The molecule has 0 atom stereocenters. The van der Waals surface area contributed by atoms with Gasteiger partial charge in [-0.25, -0.2) is 12.4 Å². The highest BCUT2D eigenvalue weighted by Gasteiger charge is 2.23. The number of amides is 1. The van der Waals surface area contributed by atoms with Gasteiger partial charge < -0.3 is 10.6 Å². The SMILES string of the molecule is CNc1ccc(C(=O)NCC(C)(C)C)cc1S(=O)(=O)n1cc2ccccc2c1. The summed E-state index contributed by atoms with van der Waals surface area (Å²) in [5.41, 5.74) is 0.671. The molecule has 0 bridgehead atoms. The number of hydrogen-bond donors (Lipinski definition) is 2. The van der Waals surface area contributed by atoms with Crippen molar-refractivity contribution in [1.82, 2.24) is 9.29 Å². The molecule has 0 unspecified atom stereocenters. The van der Waals surface area contributed by atoms with Crippen LogP contribution in [0.15, 0.2) is 59.8 Å². The first-order valence-corrected chi connectivity index (χ1v) is 10.5. The third-order valence-corrected chi connectivity index (χ3v) is 6.04. The van der Waals surface area contributed by atoms with Crippen molar-refractivity contribution < 1.29 is 13.2 Å². The van der Waals surface area contributed by atoms with Gasteiger partial charge in [0.25, 0.3) is 15.9 Å². The van der Waals surface area contributed by atoms with E-state index in [0.29, 0.717) is 17.8 Å². The third-order valence-electron chi connectivity index (χ3n) is 4.38. The Balaban J connectivity index is 2.02. The van der Waals surface area contributed by atoms with Gasteiger partial charge in [-0.05, 0) is 23.6 Å². The van der Waals surface area contributed by atoms with Crippen LogP contribution in [-0.4, -0.2) is 31.9 Å². The number of hydrogen-bond acceptors (Lipinski definition) is 4. The summed E-state index contributed by atoms with van der Waals surface area (Å²) in [6, 6.07) is 12.1. The summed E-state index contributed by atoms with van der Waals surface area (Å²) in [7, 11) is -2.22. The van der Waals surface area contributed by atoms with Crippen LogP contribution in [-0.2, 0) is 10.0 Å². The summed E-state index contributed by atoms with van der Waals surface area (Å²) in [4.78, 5) is 12.6. The molecule has 28 heavy (non-hydrogen) atoms. The highest BCUT2D eigenvalue weighted by molar-refractivity contribution is 7.90. The monoisotopic (exact) mass is 399 g/mol. The van der Waals surface area contributed by atoms with E-state index in [1.807, 2.05) is 45.0 Å². The number of anilines is 1. The van der Waals surface area contributed by atoms with Crippen LogP contribution in [0.4, 0.5) is 5.69 Å². The van der Waals surface area contributed by atoms with Crippen LogP contribution < -0.4 is 10.6 Å². The number of aromatic nitrogens is 1. The van der Waals surface area contributed by atoms with Gasteiger partial charge in [0.2, 0.25) is 0 Å². The van der Waals surface area contributed by atoms with Gasteiger partial charge >= 0.3 is 0 Å². The van der Waals surface area contributed by atoms with Gasteiger partial charge in [-0.1, -0.05) is 45.0 Å². The average Bonchev–Trinajstić information content (AvgIpc) is 3.10. The van der Waals surface area contributed by atoms with Gasteiger partial charge in [-0.2, -0.15) is 0 Å². The van der Waals surface area contributed by atoms with Gasteiger partial charge in [0.1, 0.15) is 4.90 Å². The van der Waals surface area contributed by atoms with E-state index in [9.17, 15) is 13.2 Å². The maximum absolute atomic E-state index is 13.3. The summed E-state index contributed by atoms with van der Waals surface area (Å²) in [5, 5.41) is 7.42. The number of rotatable bonds is 5. The molecule has 1 aromatic heterocycles. The number of carbonyl (C=O) groups is 1. The third kappa shape index (κ3) is 4.04. The zero-order chi connectivity index (χ0) is 20.5. The van der Waals surface area contributed by atoms with E-state index in [1.165, 1.54) is 10.0 Å². The fourth-order valence-corrected chi connectivity index (χ4v) is 4.30. The Morgan fingerprint density at radius 3 is 2.18 bits per heavy atom. The zero-order valence-corrected chi connectivity index (χ0v) is 17.3. The maximum Gasteiger partial charge on any atom is 0.269 e. The Morgan fingerprint density at radius 2 is 1.64 bits per heavy atom. The molecule has 0 saturated carbocycles. The molecule has 148 valence electrons. The lowest BCUT2D eigenvalue weighted by molar-refractivity contribution is 0.0939. The predicted octanol–water partition coefficient (Wildman–Crippen LogP) is 3.70.